The topological polar surface area (TPSA) is 75.2 Å². The number of imidazole rings is 1. The molecule has 0 bridgehead atoms. The lowest BCUT2D eigenvalue weighted by Crippen LogP contribution is -1.97. The molecule has 5 heteroatoms. The number of ether oxygens (including phenoxy) is 1. The predicted molar refractivity (Wildman–Crippen MR) is 61.0 cm³/mol. The van der Waals surface area contributed by atoms with Crippen molar-refractivity contribution in [3.63, 3.8) is 0 Å². The predicted octanol–water partition coefficient (Wildman–Crippen LogP) is 2.11. The first-order valence-corrected chi connectivity index (χ1v) is 5.58. The largest absolute Gasteiger partial charge is 0.478 e. The fraction of sp³-hybridized carbons (Fsp3) is 0.333. The van der Waals surface area contributed by atoms with Crippen molar-refractivity contribution in [1.29, 1.82) is 0 Å². The van der Waals surface area contributed by atoms with Gasteiger partial charge in [0.2, 0.25) is 0 Å². The van der Waals surface area contributed by atoms with E-state index >= 15 is 0 Å². The molecule has 1 fully saturated rings. The van der Waals surface area contributed by atoms with Gasteiger partial charge in [-0.15, -0.1) is 0 Å². The van der Waals surface area contributed by atoms with E-state index in [0.29, 0.717) is 0 Å². The van der Waals surface area contributed by atoms with Crippen molar-refractivity contribution in [2.24, 2.45) is 0 Å². The molecular formula is C12H12N2O3. The van der Waals surface area contributed by atoms with Gasteiger partial charge in [-0.1, -0.05) is 0 Å². The van der Waals surface area contributed by atoms with Crippen LogP contribution in [-0.4, -0.2) is 27.7 Å². The number of H-pyrrole nitrogens is 1. The number of rotatable bonds is 2. The Bertz CT molecular complexity index is 570. The number of aromatic amines is 1. The van der Waals surface area contributed by atoms with Gasteiger partial charge >= 0.3 is 5.97 Å². The van der Waals surface area contributed by atoms with Crippen molar-refractivity contribution in [3.05, 3.63) is 29.6 Å². The summed E-state index contributed by atoms with van der Waals surface area (Å²) in [6.07, 6.45) is 2.03. The summed E-state index contributed by atoms with van der Waals surface area (Å²) in [5, 5.41) is 8.90. The Morgan fingerprint density at radius 1 is 1.53 bits per heavy atom. The Labute approximate surface area is 97.4 Å². The number of fused-ring (bicyclic) bond motifs is 1. The van der Waals surface area contributed by atoms with Gasteiger partial charge in [0.15, 0.2) is 0 Å². The summed E-state index contributed by atoms with van der Waals surface area (Å²) in [5.74, 6) is -0.139. The summed E-state index contributed by atoms with van der Waals surface area (Å²) in [4.78, 5) is 18.4. The van der Waals surface area contributed by atoms with Crippen molar-refractivity contribution in [2.45, 2.75) is 18.9 Å². The highest BCUT2D eigenvalue weighted by atomic mass is 16.5. The molecule has 3 rings (SSSR count). The highest BCUT2D eigenvalue weighted by Gasteiger charge is 2.21. The van der Waals surface area contributed by atoms with Gasteiger partial charge in [-0.2, -0.15) is 0 Å². The monoisotopic (exact) mass is 232 g/mol. The third kappa shape index (κ3) is 1.78. The van der Waals surface area contributed by atoms with Crippen LogP contribution in [0.4, 0.5) is 0 Å². The van der Waals surface area contributed by atoms with Crippen molar-refractivity contribution in [3.8, 4) is 0 Å². The molecule has 0 amide bonds. The zero-order valence-electron chi connectivity index (χ0n) is 9.14. The minimum absolute atomic E-state index is 0.0238. The molecule has 2 heterocycles. The van der Waals surface area contributed by atoms with Crippen LogP contribution in [0.3, 0.4) is 0 Å². The molecule has 0 saturated carbocycles. The van der Waals surface area contributed by atoms with Gasteiger partial charge in [0.05, 0.1) is 16.6 Å². The average molecular weight is 232 g/mol. The Kier molecular flexibility index (Phi) is 2.33. The molecule has 1 saturated heterocycles. The van der Waals surface area contributed by atoms with Gasteiger partial charge in [0.1, 0.15) is 11.9 Å². The molecule has 17 heavy (non-hydrogen) atoms. The zero-order chi connectivity index (χ0) is 11.8. The van der Waals surface area contributed by atoms with Crippen LogP contribution in [0.2, 0.25) is 0 Å². The molecule has 2 aromatic rings. The van der Waals surface area contributed by atoms with Crippen LogP contribution in [0.15, 0.2) is 18.2 Å². The van der Waals surface area contributed by atoms with E-state index in [1.807, 2.05) is 0 Å². The number of nitrogens with zero attached hydrogens (tertiary/aromatic N) is 1. The maximum atomic E-state index is 10.8. The maximum absolute atomic E-state index is 10.8. The highest BCUT2D eigenvalue weighted by Crippen LogP contribution is 2.28. The van der Waals surface area contributed by atoms with E-state index in [2.05, 4.69) is 9.97 Å². The number of benzene rings is 1. The number of carboxylic acids is 1. The SMILES string of the molecule is O=C(O)c1ccc2nc([C@H]3CCCO3)[nH]c2c1. The normalized spacial score (nSPS) is 19.9. The molecule has 1 aliphatic rings. The van der Waals surface area contributed by atoms with E-state index in [1.54, 1.807) is 18.2 Å². The van der Waals surface area contributed by atoms with Crippen LogP contribution in [0.1, 0.15) is 35.1 Å². The van der Waals surface area contributed by atoms with Gasteiger partial charge in [0.25, 0.3) is 0 Å². The molecule has 0 radical (unpaired) electrons. The molecule has 1 aliphatic heterocycles. The van der Waals surface area contributed by atoms with Crippen molar-refractivity contribution in [1.82, 2.24) is 9.97 Å². The molecule has 5 nitrogen and oxygen atoms in total. The lowest BCUT2D eigenvalue weighted by Gasteiger charge is -2.03. The number of aromatic nitrogens is 2. The molecule has 0 aliphatic carbocycles. The first kappa shape index (κ1) is 10.3. The first-order chi connectivity index (χ1) is 8.24. The summed E-state index contributed by atoms with van der Waals surface area (Å²) in [7, 11) is 0. The molecule has 2 N–H and O–H groups in total. The Balaban J connectivity index is 2.03. The maximum Gasteiger partial charge on any atom is 0.335 e. The molecule has 0 unspecified atom stereocenters. The lowest BCUT2D eigenvalue weighted by atomic mass is 10.2. The van der Waals surface area contributed by atoms with E-state index in [0.717, 1.165) is 36.3 Å². The number of hydrogen-bond acceptors (Lipinski definition) is 3. The average Bonchev–Trinajstić information content (AvgIpc) is 2.96. The quantitative estimate of drug-likeness (QED) is 0.831. The third-order valence-corrected chi connectivity index (χ3v) is 2.98. The fourth-order valence-corrected chi connectivity index (χ4v) is 2.11. The van der Waals surface area contributed by atoms with Crippen LogP contribution in [-0.2, 0) is 4.74 Å². The van der Waals surface area contributed by atoms with E-state index in [4.69, 9.17) is 9.84 Å². The summed E-state index contributed by atoms with van der Waals surface area (Å²) >= 11 is 0. The number of carboxylic acid groups (broad SMARTS) is 1. The van der Waals surface area contributed by atoms with Gasteiger partial charge in [-0.05, 0) is 31.0 Å². The minimum Gasteiger partial charge on any atom is -0.478 e. The van der Waals surface area contributed by atoms with E-state index in [9.17, 15) is 4.79 Å². The smallest absolute Gasteiger partial charge is 0.335 e. The van der Waals surface area contributed by atoms with Gasteiger partial charge in [-0.25, -0.2) is 9.78 Å². The van der Waals surface area contributed by atoms with E-state index in [-0.39, 0.29) is 11.7 Å². The van der Waals surface area contributed by atoms with Crippen LogP contribution in [0.25, 0.3) is 11.0 Å². The van der Waals surface area contributed by atoms with Crippen molar-refractivity contribution in [2.75, 3.05) is 6.61 Å². The van der Waals surface area contributed by atoms with Crippen molar-refractivity contribution < 1.29 is 14.6 Å². The summed E-state index contributed by atoms with van der Waals surface area (Å²) in [6, 6.07) is 4.88. The Morgan fingerprint density at radius 3 is 3.12 bits per heavy atom. The summed E-state index contributed by atoms with van der Waals surface area (Å²) < 4.78 is 5.54. The fourth-order valence-electron chi connectivity index (χ4n) is 2.11. The zero-order valence-corrected chi connectivity index (χ0v) is 9.14. The number of hydrogen-bond donors (Lipinski definition) is 2. The van der Waals surface area contributed by atoms with Crippen molar-refractivity contribution >= 4 is 17.0 Å². The van der Waals surface area contributed by atoms with Gasteiger partial charge in [0, 0.05) is 6.61 Å². The van der Waals surface area contributed by atoms with Crippen LogP contribution in [0.5, 0.6) is 0 Å². The number of aromatic carboxylic acids is 1. The number of nitrogens with one attached hydrogen (secondary N) is 1. The second-order valence-corrected chi connectivity index (χ2v) is 4.16. The Morgan fingerprint density at radius 2 is 2.41 bits per heavy atom. The second kappa shape index (κ2) is 3.85. The van der Waals surface area contributed by atoms with Gasteiger partial charge < -0.3 is 14.8 Å². The molecule has 1 aromatic heterocycles. The highest BCUT2D eigenvalue weighted by molar-refractivity contribution is 5.92. The van der Waals surface area contributed by atoms with Crippen LogP contribution >= 0.6 is 0 Å². The third-order valence-electron chi connectivity index (χ3n) is 2.98. The molecule has 88 valence electrons. The number of carbonyl (C=O) groups is 1. The first-order valence-electron chi connectivity index (χ1n) is 5.58. The van der Waals surface area contributed by atoms with E-state index < -0.39 is 5.97 Å². The van der Waals surface area contributed by atoms with Crippen LogP contribution in [0, 0.1) is 0 Å². The summed E-state index contributed by atoms with van der Waals surface area (Å²) in [6.45, 7) is 0.766. The second-order valence-electron chi connectivity index (χ2n) is 4.16. The van der Waals surface area contributed by atoms with E-state index in [1.165, 1.54) is 0 Å². The molecular weight excluding hydrogens is 220 g/mol. The lowest BCUT2D eigenvalue weighted by molar-refractivity contribution is 0.0697. The minimum atomic E-state index is -0.930. The molecule has 0 spiro atoms. The molecule has 1 atom stereocenters. The molecule has 1 aromatic carbocycles. The Hall–Kier alpha value is -1.88. The summed E-state index contributed by atoms with van der Waals surface area (Å²) in [5.41, 5.74) is 1.79. The van der Waals surface area contributed by atoms with Crippen LogP contribution < -0.4 is 0 Å². The standard InChI is InChI=1S/C12H12N2O3/c15-12(16)7-3-4-8-9(6-7)14-11(13-8)10-2-1-5-17-10/h3-4,6,10H,1-2,5H2,(H,13,14)(H,15,16)/t10-/m1/s1. The van der Waals surface area contributed by atoms with Gasteiger partial charge in [-0.3, -0.25) is 0 Å².